The van der Waals surface area contributed by atoms with E-state index in [-0.39, 0.29) is 25.0 Å². The number of halogens is 2. The molecule has 1 aliphatic carbocycles. The van der Waals surface area contributed by atoms with Crippen LogP contribution in [-0.4, -0.2) is 57.4 Å². The molecule has 0 bridgehead atoms. The van der Waals surface area contributed by atoms with E-state index < -0.39 is 26.6 Å². The number of rotatable bonds is 6. The lowest BCUT2D eigenvalue weighted by atomic mass is 10.2. The monoisotopic (exact) mass is 388 g/mol. The fraction of sp³-hybridized carbons (Fsp3) is 0.588. The number of nitrogens with one attached hydrogen (secondary N) is 2. The highest BCUT2D eigenvalue weighted by Gasteiger charge is 2.34. The molecule has 1 saturated heterocycles. The molecule has 1 heterocycles. The Morgan fingerprint density at radius 3 is 2.58 bits per heavy atom. The third kappa shape index (κ3) is 4.39. The van der Waals surface area contributed by atoms with E-state index in [9.17, 15) is 22.0 Å². The highest BCUT2D eigenvalue weighted by molar-refractivity contribution is 7.89. The number of benzene rings is 1. The van der Waals surface area contributed by atoms with Crippen LogP contribution in [0.4, 0.5) is 8.78 Å². The first kappa shape index (κ1) is 19.2. The average Bonchev–Trinajstić information content (AvgIpc) is 3.42. The first-order chi connectivity index (χ1) is 12.3. The molecule has 0 aromatic heterocycles. The summed E-state index contributed by atoms with van der Waals surface area (Å²) in [4.78, 5) is 12.4. The van der Waals surface area contributed by atoms with E-state index in [4.69, 9.17) is 0 Å². The molecule has 3 rings (SSSR count). The van der Waals surface area contributed by atoms with Gasteiger partial charge in [0.2, 0.25) is 10.0 Å². The van der Waals surface area contributed by atoms with Gasteiger partial charge in [-0.1, -0.05) is 0 Å². The molecule has 1 atom stereocenters. The normalized spacial score (nSPS) is 20.7. The highest BCUT2D eigenvalue weighted by atomic mass is 32.2. The predicted octanol–water partition coefficient (Wildman–Crippen LogP) is -0.231. The Bertz CT molecular complexity index is 775. The van der Waals surface area contributed by atoms with Gasteiger partial charge < -0.3 is 10.2 Å². The average molecular weight is 388 g/mol. The molecule has 0 unspecified atom stereocenters. The van der Waals surface area contributed by atoms with Gasteiger partial charge in [0.05, 0.1) is 26.2 Å². The van der Waals surface area contributed by atoms with Crippen LogP contribution in [0.3, 0.4) is 0 Å². The van der Waals surface area contributed by atoms with Crippen LogP contribution in [0.25, 0.3) is 0 Å². The van der Waals surface area contributed by atoms with Gasteiger partial charge in [0.15, 0.2) is 6.54 Å². The number of quaternary nitrogens is 1. The van der Waals surface area contributed by atoms with Gasteiger partial charge in [-0.15, -0.1) is 0 Å². The number of piperazine rings is 1. The summed E-state index contributed by atoms with van der Waals surface area (Å²) in [6.45, 7) is 3.52. The summed E-state index contributed by atoms with van der Waals surface area (Å²) < 4.78 is 53.4. The van der Waals surface area contributed by atoms with Crippen molar-refractivity contribution in [3.63, 3.8) is 0 Å². The second-order valence-electron chi connectivity index (χ2n) is 7.10. The maximum absolute atomic E-state index is 13.8. The molecule has 1 aromatic carbocycles. The minimum Gasteiger partial charge on any atom is -0.348 e. The third-order valence-corrected chi connectivity index (χ3v) is 6.98. The van der Waals surface area contributed by atoms with Crippen molar-refractivity contribution in [2.24, 2.45) is 5.92 Å². The minimum atomic E-state index is -4.08. The largest absolute Gasteiger partial charge is 0.348 e. The summed E-state index contributed by atoms with van der Waals surface area (Å²) in [5, 5.41) is 2.99. The number of sulfonamides is 1. The molecule has 1 aromatic rings. The van der Waals surface area contributed by atoms with Gasteiger partial charge in [0.1, 0.15) is 16.5 Å². The minimum absolute atomic E-state index is 0.0353. The van der Waals surface area contributed by atoms with Crippen molar-refractivity contribution in [1.82, 2.24) is 9.62 Å². The fourth-order valence-corrected chi connectivity index (χ4v) is 4.80. The molecular formula is C17H24F2N3O3S+. The van der Waals surface area contributed by atoms with Crippen molar-refractivity contribution in [3.8, 4) is 0 Å². The van der Waals surface area contributed by atoms with Crippen molar-refractivity contribution in [3.05, 3.63) is 29.8 Å². The molecule has 2 N–H and O–H groups in total. The van der Waals surface area contributed by atoms with Crippen LogP contribution in [0.5, 0.6) is 0 Å². The number of carbonyl (C=O) groups excluding carboxylic acids is 1. The lowest BCUT2D eigenvalue weighted by Crippen LogP contribution is -3.15. The molecule has 2 aliphatic rings. The molecular weight excluding hydrogens is 364 g/mol. The molecule has 9 heteroatoms. The molecule has 26 heavy (non-hydrogen) atoms. The quantitative estimate of drug-likeness (QED) is 0.707. The Balaban J connectivity index is 1.55. The third-order valence-electron chi connectivity index (χ3n) is 5.07. The molecule has 1 saturated carbocycles. The summed E-state index contributed by atoms with van der Waals surface area (Å²) in [5.41, 5.74) is 0. The van der Waals surface area contributed by atoms with Crippen LogP contribution in [0.1, 0.15) is 19.8 Å². The van der Waals surface area contributed by atoms with Crippen molar-refractivity contribution in [1.29, 1.82) is 0 Å². The van der Waals surface area contributed by atoms with Crippen LogP contribution in [0.15, 0.2) is 23.1 Å². The van der Waals surface area contributed by atoms with Gasteiger partial charge in [0.25, 0.3) is 5.91 Å². The number of carbonyl (C=O) groups is 1. The van der Waals surface area contributed by atoms with Gasteiger partial charge in [-0.25, -0.2) is 17.2 Å². The molecule has 0 spiro atoms. The maximum Gasteiger partial charge on any atom is 0.275 e. The van der Waals surface area contributed by atoms with Crippen molar-refractivity contribution in [2.45, 2.75) is 30.7 Å². The molecule has 1 aliphatic heterocycles. The van der Waals surface area contributed by atoms with E-state index >= 15 is 0 Å². The van der Waals surface area contributed by atoms with Crippen LogP contribution in [0, 0.1) is 17.6 Å². The van der Waals surface area contributed by atoms with Crippen LogP contribution in [0.2, 0.25) is 0 Å². The maximum atomic E-state index is 13.8. The number of nitrogens with zero attached hydrogens (tertiary/aromatic N) is 1. The topological polar surface area (TPSA) is 70.9 Å². The van der Waals surface area contributed by atoms with Crippen molar-refractivity contribution >= 4 is 15.9 Å². The van der Waals surface area contributed by atoms with E-state index in [0.29, 0.717) is 31.6 Å². The lowest BCUT2D eigenvalue weighted by molar-refractivity contribution is -0.895. The fourth-order valence-electron chi connectivity index (χ4n) is 3.28. The van der Waals surface area contributed by atoms with E-state index in [1.165, 1.54) is 0 Å². The standard InChI is InChI=1S/C17H23F2N3O3S/c1-12(13-2-3-13)20-17(23)11-21-6-8-22(9-7-21)26(24,25)16-10-14(18)4-5-15(16)19/h4-5,10,12-13H,2-3,6-9,11H2,1H3,(H,20,23)/p+1/t12-/m1/s1. The van der Waals surface area contributed by atoms with Gasteiger partial charge in [-0.2, -0.15) is 4.31 Å². The highest BCUT2D eigenvalue weighted by Crippen LogP contribution is 2.32. The second-order valence-corrected chi connectivity index (χ2v) is 9.01. The Kier molecular flexibility index (Phi) is 5.59. The summed E-state index contributed by atoms with van der Waals surface area (Å²) in [7, 11) is -4.08. The number of hydrogen-bond donors (Lipinski definition) is 2. The first-order valence-electron chi connectivity index (χ1n) is 8.85. The summed E-state index contributed by atoms with van der Waals surface area (Å²) in [5.74, 6) is -1.21. The van der Waals surface area contributed by atoms with Gasteiger partial charge in [-0.3, -0.25) is 4.79 Å². The molecule has 1 amide bonds. The van der Waals surface area contributed by atoms with Gasteiger partial charge >= 0.3 is 0 Å². The Morgan fingerprint density at radius 1 is 1.31 bits per heavy atom. The zero-order valence-electron chi connectivity index (χ0n) is 14.7. The smallest absolute Gasteiger partial charge is 0.275 e. The Morgan fingerprint density at radius 2 is 1.96 bits per heavy atom. The number of amides is 1. The predicted molar refractivity (Wildman–Crippen MR) is 91.0 cm³/mol. The van der Waals surface area contributed by atoms with Gasteiger partial charge in [-0.05, 0) is 43.9 Å². The van der Waals surface area contributed by atoms with Crippen molar-refractivity contribution < 1.29 is 26.9 Å². The Labute approximate surface area is 152 Å². The van der Waals surface area contributed by atoms with Gasteiger partial charge in [0, 0.05) is 6.04 Å². The van der Waals surface area contributed by atoms with E-state index in [2.05, 4.69) is 5.32 Å². The SMILES string of the molecule is C[C@@H](NC(=O)C[NH+]1CCN(S(=O)(=O)c2cc(F)ccc2F)CC1)C1CC1. The van der Waals surface area contributed by atoms with Crippen molar-refractivity contribution in [2.75, 3.05) is 32.7 Å². The van der Waals surface area contributed by atoms with Crippen LogP contribution in [-0.2, 0) is 14.8 Å². The molecule has 6 nitrogen and oxygen atoms in total. The van der Waals surface area contributed by atoms with Crippen LogP contribution < -0.4 is 10.2 Å². The zero-order valence-corrected chi connectivity index (χ0v) is 15.5. The summed E-state index contributed by atoms with van der Waals surface area (Å²) in [6, 6.07) is 2.59. The molecule has 144 valence electrons. The van der Waals surface area contributed by atoms with Crippen LogP contribution >= 0.6 is 0 Å². The first-order valence-corrected chi connectivity index (χ1v) is 10.3. The Hall–Kier alpha value is -1.58. The molecule has 0 radical (unpaired) electrons. The van der Waals surface area contributed by atoms with E-state index in [1.807, 2.05) is 6.92 Å². The van der Waals surface area contributed by atoms with E-state index in [1.54, 1.807) is 0 Å². The summed E-state index contributed by atoms with van der Waals surface area (Å²) in [6.07, 6.45) is 2.31. The van der Waals surface area contributed by atoms with E-state index in [0.717, 1.165) is 34.2 Å². The summed E-state index contributed by atoms with van der Waals surface area (Å²) >= 11 is 0. The lowest BCUT2D eigenvalue weighted by Gasteiger charge is -2.31. The zero-order chi connectivity index (χ0) is 18.9. The molecule has 2 fully saturated rings. The second kappa shape index (κ2) is 7.58. The number of hydrogen-bond acceptors (Lipinski definition) is 3.